The topological polar surface area (TPSA) is 52.3 Å². The van der Waals surface area contributed by atoms with E-state index in [1.165, 1.54) is 18.2 Å². The highest BCUT2D eigenvalue weighted by Crippen LogP contribution is 2.27. The predicted octanol–water partition coefficient (Wildman–Crippen LogP) is 2.57. The molecule has 0 radical (unpaired) electrons. The molecule has 1 heterocycles. The third kappa shape index (κ3) is 2.05. The first kappa shape index (κ1) is 11.7. The molecule has 2 aromatic carbocycles. The van der Waals surface area contributed by atoms with E-state index in [9.17, 15) is 9.18 Å². The molecule has 1 aliphatic rings. The number of carbonyl (C=O) groups is 1. The summed E-state index contributed by atoms with van der Waals surface area (Å²) < 4.78 is 18.6. The van der Waals surface area contributed by atoms with Crippen LogP contribution in [-0.4, -0.2) is 12.4 Å². The fraction of sp³-hybridized carbons (Fsp3) is 0.133. The van der Waals surface area contributed by atoms with Crippen LogP contribution < -0.4 is 10.5 Å². The lowest BCUT2D eigenvalue weighted by Crippen LogP contribution is -2.06. The summed E-state index contributed by atoms with van der Waals surface area (Å²) in [6.07, 6.45) is 0.787. The third-order valence-electron chi connectivity index (χ3n) is 3.21. The summed E-state index contributed by atoms with van der Waals surface area (Å²) in [5.41, 5.74) is 7.70. The molecule has 0 spiro atoms. The van der Waals surface area contributed by atoms with Crippen LogP contribution in [0, 0.1) is 5.82 Å². The summed E-state index contributed by atoms with van der Waals surface area (Å²) >= 11 is 0. The van der Waals surface area contributed by atoms with Gasteiger partial charge in [-0.3, -0.25) is 4.79 Å². The third-order valence-corrected chi connectivity index (χ3v) is 3.21. The van der Waals surface area contributed by atoms with Gasteiger partial charge in [-0.25, -0.2) is 4.39 Å². The van der Waals surface area contributed by atoms with Crippen molar-refractivity contribution in [2.45, 2.75) is 6.42 Å². The molecule has 4 heteroatoms. The molecule has 3 rings (SSSR count). The Morgan fingerprint density at radius 1 is 1.21 bits per heavy atom. The van der Waals surface area contributed by atoms with Crippen LogP contribution in [0.2, 0.25) is 0 Å². The monoisotopic (exact) mass is 257 g/mol. The Labute approximate surface area is 109 Å². The molecule has 0 atom stereocenters. The van der Waals surface area contributed by atoms with E-state index in [1.54, 1.807) is 18.2 Å². The fourth-order valence-corrected chi connectivity index (χ4v) is 2.21. The van der Waals surface area contributed by atoms with E-state index in [-0.39, 0.29) is 17.0 Å². The molecule has 0 saturated carbocycles. The van der Waals surface area contributed by atoms with Crippen LogP contribution in [0.3, 0.4) is 0 Å². The molecular weight excluding hydrogens is 245 g/mol. The average Bonchev–Trinajstić information content (AvgIpc) is 2.88. The molecule has 96 valence electrons. The van der Waals surface area contributed by atoms with E-state index in [1.807, 2.05) is 0 Å². The first-order valence-corrected chi connectivity index (χ1v) is 6.00. The average molecular weight is 257 g/mol. The van der Waals surface area contributed by atoms with Crippen molar-refractivity contribution in [2.24, 2.45) is 0 Å². The highest BCUT2D eigenvalue weighted by molar-refractivity contribution is 6.12. The van der Waals surface area contributed by atoms with E-state index in [2.05, 4.69) is 0 Å². The van der Waals surface area contributed by atoms with Crippen molar-refractivity contribution in [3.63, 3.8) is 0 Å². The predicted molar refractivity (Wildman–Crippen MR) is 69.9 cm³/mol. The lowest BCUT2D eigenvalue weighted by molar-refractivity contribution is 0.103. The van der Waals surface area contributed by atoms with Gasteiger partial charge in [0, 0.05) is 23.2 Å². The Morgan fingerprint density at radius 3 is 2.89 bits per heavy atom. The number of anilines is 1. The van der Waals surface area contributed by atoms with Gasteiger partial charge in [0.25, 0.3) is 0 Å². The highest BCUT2D eigenvalue weighted by Gasteiger charge is 2.17. The summed E-state index contributed by atoms with van der Waals surface area (Å²) in [7, 11) is 0. The number of benzene rings is 2. The molecule has 0 aliphatic carbocycles. The van der Waals surface area contributed by atoms with Crippen molar-refractivity contribution in [3.05, 3.63) is 58.9 Å². The number of fused-ring (bicyclic) bond motifs is 1. The minimum atomic E-state index is -0.470. The smallest absolute Gasteiger partial charge is 0.195 e. The summed E-state index contributed by atoms with van der Waals surface area (Å²) in [5.74, 6) is 0.0671. The second kappa shape index (κ2) is 4.39. The van der Waals surface area contributed by atoms with Gasteiger partial charge in [0.05, 0.1) is 6.61 Å². The zero-order valence-electron chi connectivity index (χ0n) is 10.2. The van der Waals surface area contributed by atoms with Gasteiger partial charge in [-0.15, -0.1) is 0 Å². The van der Waals surface area contributed by atoms with Crippen molar-refractivity contribution in [1.29, 1.82) is 0 Å². The quantitative estimate of drug-likeness (QED) is 0.664. The van der Waals surface area contributed by atoms with Gasteiger partial charge in [-0.05, 0) is 42.0 Å². The number of ether oxygens (including phenoxy) is 1. The number of carbonyl (C=O) groups excluding carboxylic acids is 1. The number of hydrogen-bond acceptors (Lipinski definition) is 3. The van der Waals surface area contributed by atoms with Crippen LogP contribution in [0.15, 0.2) is 36.4 Å². The Kier molecular flexibility index (Phi) is 2.71. The Bertz CT molecular complexity index is 667. The zero-order valence-corrected chi connectivity index (χ0v) is 10.2. The first-order chi connectivity index (χ1) is 9.15. The largest absolute Gasteiger partial charge is 0.493 e. The summed E-state index contributed by atoms with van der Waals surface area (Å²) in [6, 6.07) is 9.04. The van der Waals surface area contributed by atoms with Crippen molar-refractivity contribution < 1.29 is 13.9 Å². The summed E-state index contributed by atoms with van der Waals surface area (Å²) in [5, 5.41) is 0. The molecule has 0 saturated heterocycles. The van der Waals surface area contributed by atoms with Gasteiger partial charge >= 0.3 is 0 Å². The molecule has 1 aliphatic heterocycles. The number of nitrogens with two attached hydrogens (primary N) is 1. The maximum Gasteiger partial charge on any atom is 0.195 e. The summed E-state index contributed by atoms with van der Waals surface area (Å²) in [4.78, 5) is 12.3. The van der Waals surface area contributed by atoms with Crippen molar-refractivity contribution in [1.82, 2.24) is 0 Å². The van der Waals surface area contributed by atoms with E-state index in [0.29, 0.717) is 12.2 Å². The number of rotatable bonds is 2. The van der Waals surface area contributed by atoms with Crippen molar-refractivity contribution >= 4 is 11.5 Å². The second-order valence-electron chi connectivity index (χ2n) is 4.48. The fourth-order valence-electron chi connectivity index (χ4n) is 2.21. The molecule has 2 aromatic rings. The maximum atomic E-state index is 13.2. The molecule has 3 nitrogen and oxygen atoms in total. The summed E-state index contributed by atoms with van der Waals surface area (Å²) in [6.45, 7) is 0.634. The molecule has 0 unspecified atom stereocenters. The molecule has 19 heavy (non-hydrogen) atoms. The number of nitrogen functional groups attached to an aromatic ring is 1. The van der Waals surface area contributed by atoms with Crippen LogP contribution >= 0.6 is 0 Å². The Balaban J connectivity index is 2.02. The number of ketones is 1. The first-order valence-electron chi connectivity index (χ1n) is 6.00. The van der Waals surface area contributed by atoms with Crippen LogP contribution in [0.25, 0.3) is 0 Å². The van der Waals surface area contributed by atoms with E-state index in [0.717, 1.165) is 17.7 Å². The molecular formula is C15H12FNO2. The molecule has 0 bridgehead atoms. The van der Waals surface area contributed by atoms with E-state index >= 15 is 0 Å². The SMILES string of the molecule is Nc1ccc(F)cc1C(=O)c1ccc2c(c1)CCO2. The highest BCUT2D eigenvalue weighted by atomic mass is 19.1. The van der Waals surface area contributed by atoms with Crippen LogP contribution in [0.4, 0.5) is 10.1 Å². The molecule has 2 N–H and O–H groups in total. The minimum Gasteiger partial charge on any atom is -0.493 e. The van der Waals surface area contributed by atoms with Gasteiger partial charge in [-0.2, -0.15) is 0 Å². The van der Waals surface area contributed by atoms with Gasteiger partial charge in [0.1, 0.15) is 11.6 Å². The Morgan fingerprint density at radius 2 is 2.05 bits per heavy atom. The molecule has 0 aromatic heterocycles. The van der Waals surface area contributed by atoms with Crippen LogP contribution in [0.5, 0.6) is 5.75 Å². The molecule has 0 fully saturated rings. The van der Waals surface area contributed by atoms with Crippen LogP contribution in [0.1, 0.15) is 21.5 Å². The van der Waals surface area contributed by atoms with E-state index < -0.39 is 5.82 Å². The number of halogens is 1. The van der Waals surface area contributed by atoms with Crippen LogP contribution in [-0.2, 0) is 6.42 Å². The maximum absolute atomic E-state index is 13.2. The lowest BCUT2D eigenvalue weighted by atomic mass is 9.99. The Hall–Kier alpha value is -2.36. The minimum absolute atomic E-state index is 0.193. The van der Waals surface area contributed by atoms with Gasteiger partial charge in [0.2, 0.25) is 0 Å². The van der Waals surface area contributed by atoms with Gasteiger partial charge < -0.3 is 10.5 Å². The lowest BCUT2D eigenvalue weighted by Gasteiger charge is -2.06. The van der Waals surface area contributed by atoms with Gasteiger partial charge in [-0.1, -0.05) is 0 Å². The second-order valence-corrected chi connectivity index (χ2v) is 4.48. The van der Waals surface area contributed by atoms with Crippen molar-refractivity contribution in [3.8, 4) is 5.75 Å². The van der Waals surface area contributed by atoms with E-state index in [4.69, 9.17) is 10.5 Å². The molecule has 0 amide bonds. The van der Waals surface area contributed by atoms with Gasteiger partial charge in [0.15, 0.2) is 5.78 Å². The van der Waals surface area contributed by atoms with Crippen molar-refractivity contribution in [2.75, 3.05) is 12.3 Å². The normalized spacial score (nSPS) is 12.9. The number of hydrogen-bond donors (Lipinski definition) is 1. The standard InChI is InChI=1S/C15H12FNO2/c16-11-2-3-13(17)12(8-11)15(18)10-1-4-14-9(7-10)5-6-19-14/h1-4,7-8H,5-6,17H2. The zero-order chi connectivity index (χ0) is 13.4.